The number of nitrogens with zero attached hydrogens (tertiary/aromatic N) is 2. The van der Waals surface area contributed by atoms with Crippen molar-refractivity contribution < 1.29 is 0 Å². The second-order valence-corrected chi connectivity index (χ2v) is 6.15. The number of hydrogen-bond acceptors (Lipinski definition) is 2. The zero-order valence-corrected chi connectivity index (χ0v) is 12.9. The van der Waals surface area contributed by atoms with Crippen LogP contribution in [0.2, 0.25) is 0 Å². The Morgan fingerprint density at radius 2 is 2.16 bits per heavy atom. The third-order valence-electron chi connectivity index (χ3n) is 4.57. The lowest BCUT2D eigenvalue weighted by Crippen LogP contribution is -2.41. The van der Waals surface area contributed by atoms with E-state index in [1.807, 2.05) is 0 Å². The maximum atomic E-state index is 4.58. The van der Waals surface area contributed by atoms with Crippen LogP contribution in [0, 0.1) is 11.8 Å². The summed E-state index contributed by atoms with van der Waals surface area (Å²) in [5.74, 6) is 1.64. The second-order valence-electron chi connectivity index (χ2n) is 6.15. The smallest absolute Gasteiger partial charge is 0.0624 e. The normalized spacial score (nSPS) is 27.7. The molecule has 2 rings (SSSR count). The number of aryl methyl sites for hydroxylation is 2. The van der Waals surface area contributed by atoms with Gasteiger partial charge >= 0.3 is 0 Å². The average Bonchev–Trinajstić information content (AvgIpc) is 2.74. The van der Waals surface area contributed by atoms with Crippen LogP contribution in [0.5, 0.6) is 0 Å². The Hall–Kier alpha value is -0.830. The van der Waals surface area contributed by atoms with Gasteiger partial charge in [-0.25, -0.2) is 0 Å². The van der Waals surface area contributed by atoms with Gasteiger partial charge in [-0.3, -0.25) is 4.68 Å². The number of hydrogen-bond donors (Lipinski definition) is 1. The molecule has 0 aromatic carbocycles. The molecular formula is C16H29N3. The van der Waals surface area contributed by atoms with Crippen LogP contribution in [-0.2, 0) is 19.9 Å². The van der Waals surface area contributed by atoms with Crippen LogP contribution in [0.1, 0.15) is 51.4 Å². The molecular weight excluding hydrogens is 234 g/mol. The Morgan fingerprint density at radius 3 is 2.79 bits per heavy atom. The maximum Gasteiger partial charge on any atom is 0.0624 e. The van der Waals surface area contributed by atoms with E-state index >= 15 is 0 Å². The first-order valence-electron chi connectivity index (χ1n) is 7.89. The Bertz CT molecular complexity index is 397. The van der Waals surface area contributed by atoms with Crippen LogP contribution < -0.4 is 5.32 Å². The zero-order chi connectivity index (χ0) is 13.8. The first-order valence-corrected chi connectivity index (χ1v) is 7.89. The molecule has 3 heteroatoms. The fourth-order valence-corrected chi connectivity index (χ4v) is 3.46. The Balaban J connectivity index is 2.06. The predicted molar refractivity (Wildman–Crippen MR) is 80.3 cm³/mol. The first-order chi connectivity index (χ1) is 9.13. The van der Waals surface area contributed by atoms with Gasteiger partial charge in [0.05, 0.1) is 5.69 Å². The van der Waals surface area contributed by atoms with E-state index in [-0.39, 0.29) is 0 Å². The van der Waals surface area contributed by atoms with Gasteiger partial charge in [-0.05, 0) is 56.6 Å². The Morgan fingerprint density at radius 1 is 1.37 bits per heavy atom. The molecule has 1 aliphatic rings. The van der Waals surface area contributed by atoms with E-state index in [4.69, 9.17) is 0 Å². The minimum Gasteiger partial charge on any atom is -0.314 e. The molecule has 0 radical (unpaired) electrons. The standard InChI is InChI=1S/C16H29N3/c1-5-14-11-15(19(4)18-14)10-13-9-12(3)7-8-16(13)17-6-2/h11-13,16-17H,5-10H2,1-4H3. The molecule has 1 saturated carbocycles. The topological polar surface area (TPSA) is 29.9 Å². The minimum atomic E-state index is 0.696. The van der Waals surface area contributed by atoms with Gasteiger partial charge in [0.25, 0.3) is 0 Å². The van der Waals surface area contributed by atoms with Crippen molar-refractivity contribution in [2.75, 3.05) is 6.54 Å². The summed E-state index contributed by atoms with van der Waals surface area (Å²) in [5, 5.41) is 8.27. The quantitative estimate of drug-likeness (QED) is 0.885. The van der Waals surface area contributed by atoms with Gasteiger partial charge in [0.1, 0.15) is 0 Å². The lowest BCUT2D eigenvalue weighted by Gasteiger charge is -2.35. The van der Waals surface area contributed by atoms with Gasteiger partial charge < -0.3 is 5.32 Å². The molecule has 1 N–H and O–H groups in total. The van der Waals surface area contributed by atoms with Crippen molar-refractivity contribution in [1.29, 1.82) is 0 Å². The molecule has 108 valence electrons. The van der Waals surface area contributed by atoms with Gasteiger partial charge in [-0.2, -0.15) is 5.10 Å². The summed E-state index contributed by atoms with van der Waals surface area (Å²) in [4.78, 5) is 0. The van der Waals surface area contributed by atoms with Crippen LogP contribution >= 0.6 is 0 Å². The molecule has 1 aromatic heterocycles. The molecule has 1 aliphatic carbocycles. The molecule has 19 heavy (non-hydrogen) atoms. The molecule has 3 nitrogen and oxygen atoms in total. The Labute approximate surface area is 117 Å². The minimum absolute atomic E-state index is 0.696. The molecule has 0 amide bonds. The highest BCUT2D eigenvalue weighted by atomic mass is 15.3. The summed E-state index contributed by atoms with van der Waals surface area (Å²) in [5.41, 5.74) is 2.63. The van der Waals surface area contributed by atoms with Crippen molar-refractivity contribution in [3.05, 3.63) is 17.5 Å². The summed E-state index contributed by atoms with van der Waals surface area (Å²) < 4.78 is 2.08. The average molecular weight is 263 g/mol. The highest BCUT2D eigenvalue weighted by Crippen LogP contribution is 2.31. The fraction of sp³-hybridized carbons (Fsp3) is 0.812. The summed E-state index contributed by atoms with van der Waals surface area (Å²) in [6.45, 7) is 7.88. The predicted octanol–water partition coefficient (Wildman–Crippen LogP) is 2.94. The molecule has 0 spiro atoms. The molecule has 1 aromatic rings. The Kier molecular flexibility index (Phi) is 5.03. The molecule has 1 fully saturated rings. The molecule has 0 aliphatic heterocycles. The summed E-state index contributed by atoms with van der Waals surface area (Å²) in [6.07, 6.45) is 6.26. The lowest BCUT2D eigenvalue weighted by molar-refractivity contribution is 0.212. The highest BCUT2D eigenvalue weighted by molar-refractivity contribution is 5.11. The van der Waals surface area contributed by atoms with Crippen molar-refractivity contribution >= 4 is 0 Å². The number of rotatable bonds is 5. The zero-order valence-electron chi connectivity index (χ0n) is 12.9. The van der Waals surface area contributed by atoms with Crippen LogP contribution in [0.15, 0.2) is 6.07 Å². The van der Waals surface area contributed by atoms with Crippen molar-refractivity contribution in [3.8, 4) is 0 Å². The third-order valence-corrected chi connectivity index (χ3v) is 4.57. The summed E-state index contributed by atoms with van der Waals surface area (Å²) >= 11 is 0. The maximum absolute atomic E-state index is 4.58. The van der Waals surface area contributed by atoms with Gasteiger partial charge in [0.2, 0.25) is 0 Å². The SMILES string of the molecule is CCNC1CCC(C)CC1Cc1cc(CC)nn1C. The third kappa shape index (κ3) is 3.59. The largest absolute Gasteiger partial charge is 0.314 e. The van der Waals surface area contributed by atoms with E-state index < -0.39 is 0 Å². The molecule has 1 heterocycles. The fourth-order valence-electron chi connectivity index (χ4n) is 3.46. The monoisotopic (exact) mass is 263 g/mol. The first kappa shape index (κ1) is 14.6. The summed E-state index contributed by atoms with van der Waals surface area (Å²) in [6, 6.07) is 2.99. The van der Waals surface area contributed by atoms with Gasteiger partial charge in [-0.15, -0.1) is 0 Å². The molecule has 0 bridgehead atoms. The second kappa shape index (κ2) is 6.56. The van der Waals surface area contributed by atoms with E-state index in [9.17, 15) is 0 Å². The number of aromatic nitrogens is 2. The van der Waals surface area contributed by atoms with Crippen molar-refractivity contribution in [3.63, 3.8) is 0 Å². The molecule has 3 atom stereocenters. The van der Waals surface area contributed by atoms with Crippen LogP contribution in [0.3, 0.4) is 0 Å². The van der Waals surface area contributed by atoms with Crippen molar-refractivity contribution in [1.82, 2.24) is 15.1 Å². The van der Waals surface area contributed by atoms with Crippen molar-refractivity contribution in [2.24, 2.45) is 18.9 Å². The van der Waals surface area contributed by atoms with Gasteiger partial charge in [0.15, 0.2) is 0 Å². The van der Waals surface area contributed by atoms with Crippen LogP contribution in [0.4, 0.5) is 0 Å². The number of nitrogens with one attached hydrogen (secondary N) is 1. The van der Waals surface area contributed by atoms with E-state index in [1.54, 1.807) is 0 Å². The van der Waals surface area contributed by atoms with Crippen LogP contribution in [-0.4, -0.2) is 22.4 Å². The van der Waals surface area contributed by atoms with Crippen LogP contribution in [0.25, 0.3) is 0 Å². The van der Waals surface area contributed by atoms with E-state index in [0.717, 1.165) is 24.8 Å². The van der Waals surface area contributed by atoms with Crippen molar-refractivity contribution in [2.45, 2.75) is 58.9 Å². The molecule has 0 saturated heterocycles. The van der Waals surface area contributed by atoms with Gasteiger partial charge in [0, 0.05) is 18.8 Å². The van der Waals surface area contributed by atoms with E-state index in [1.165, 1.54) is 37.1 Å². The summed E-state index contributed by atoms with van der Waals surface area (Å²) in [7, 11) is 2.09. The van der Waals surface area contributed by atoms with Gasteiger partial charge in [-0.1, -0.05) is 20.8 Å². The lowest BCUT2D eigenvalue weighted by atomic mass is 9.76. The molecule has 3 unspecified atom stereocenters. The van der Waals surface area contributed by atoms with E-state index in [0.29, 0.717) is 6.04 Å². The highest BCUT2D eigenvalue weighted by Gasteiger charge is 2.28. The van der Waals surface area contributed by atoms with E-state index in [2.05, 4.69) is 49.0 Å².